The van der Waals surface area contributed by atoms with E-state index >= 15 is 0 Å². The molecule has 0 unspecified atom stereocenters. The number of hydrogen-bond donors (Lipinski definition) is 8. The van der Waals surface area contributed by atoms with Gasteiger partial charge in [0.15, 0.2) is 0 Å². The van der Waals surface area contributed by atoms with Crippen LogP contribution in [0.2, 0.25) is 0 Å². The minimum atomic E-state index is -1.62. The van der Waals surface area contributed by atoms with Crippen LogP contribution in [0.3, 0.4) is 0 Å². The number of aliphatic hydroxyl groups is 2. The van der Waals surface area contributed by atoms with Crippen molar-refractivity contribution >= 4 is 0 Å². The number of benzene rings is 3. The standard InChI is InChI=1S/C36H54N8.C2H6O3.2Zn/c1-4-31-22-32(5-1)26-38-11-17-44-19-13-40-28-34-7-2-6-33(23-34)27-39-12-18-43(16-10-37-25-31)20-14-41-29-35-8-3-9-36(24-35)30-42-15-21-44;1-5-2(3)4;;/h1-9,22-24,37-42H,10-21,25-30H2;2-4H,1H3;;/q;;;+2. The summed E-state index contributed by atoms with van der Waals surface area (Å²) in [7, 11) is 1.20. The van der Waals surface area contributed by atoms with E-state index in [9.17, 15) is 0 Å². The smallest absolute Gasteiger partial charge is 0.346 e. The van der Waals surface area contributed by atoms with Gasteiger partial charge in [-0.3, -0.25) is 9.80 Å². The van der Waals surface area contributed by atoms with Gasteiger partial charge in [0.1, 0.15) is 0 Å². The van der Waals surface area contributed by atoms with E-state index in [0.29, 0.717) is 0 Å². The first kappa shape index (κ1) is 45.6. The van der Waals surface area contributed by atoms with Gasteiger partial charge in [-0.2, -0.15) is 0 Å². The molecule has 0 saturated carbocycles. The molecule has 0 aliphatic carbocycles. The van der Waals surface area contributed by atoms with E-state index in [0.717, 1.165) is 118 Å². The summed E-state index contributed by atoms with van der Waals surface area (Å²) in [6, 6.07) is 27.0. The van der Waals surface area contributed by atoms with Crippen molar-refractivity contribution in [3.8, 4) is 0 Å². The Hall–Kier alpha value is -1.53. The van der Waals surface area contributed by atoms with Crippen LogP contribution in [0.4, 0.5) is 0 Å². The minimum Gasteiger partial charge on any atom is -0.346 e. The van der Waals surface area contributed by atoms with Gasteiger partial charge < -0.3 is 46.9 Å². The van der Waals surface area contributed by atoms with Crippen LogP contribution in [0.15, 0.2) is 72.8 Å². The van der Waals surface area contributed by atoms with Crippen LogP contribution in [0, 0.1) is 0 Å². The average molecular weight is 808 g/mol. The SMILES string of the molecule is COC(O)O.[Zn+2].[Zn].c1cc2cc(c1)CNCCN1CCNCc3cccc(c3)CNCCN(CCNC2)CCNCc2cccc(c2)CNCC1. The summed E-state index contributed by atoms with van der Waals surface area (Å²) in [4.78, 5) is 5.16. The number of fused-ring (bicyclic) bond motifs is 18. The summed E-state index contributed by atoms with van der Waals surface area (Å²) in [6.45, 7) is 15.8. The number of ether oxygens (including phenoxy) is 1. The van der Waals surface area contributed by atoms with E-state index in [2.05, 4.69) is 119 Å². The third-order valence-electron chi connectivity index (χ3n) is 8.79. The molecule has 0 radical (unpaired) electrons. The topological polar surface area (TPSA) is 128 Å². The van der Waals surface area contributed by atoms with E-state index in [-0.39, 0.29) is 39.0 Å². The van der Waals surface area contributed by atoms with Gasteiger partial charge in [0.25, 0.3) is 6.48 Å². The zero-order valence-corrected chi connectivity index (χ0v) is 36.8. The van der Waals surface area contributed by atoms with E-state index < -0.39 is 6.48 Å². The summed E-state index contributed by atoms with van der Waals surface area (Å²) < 4.78 is 3.86. The van der Waals surface area contributed by atoms with Gasteiger partial charge in [-0.05, 0) is 33.4 Å². The summed E-state index contributed by atoms with van der Waals surface area (Å²) in [5, 5.41) is 37.6. The van der Waals surface area contributed by atoms with E-state index in [1.54, 1.807) is 0 Å². The molecular formula is C38H60N8O3Zn2+2. The van der Waals surface area contributed by atoms with Crippen LogP contribution >= 0.6 is 0 Å². The molecule has 0 amide bonds. The molecule has 8 bridgehead atoms. The number of aliphatic hydroxyl groups excluding tert-OH is 1. The molecule has 0 atom stereocenters. The first-order chi connectivity index (χ1) is 24.1. The third kappa shape index (κ3) is 19.9. The predicted molar refractivity (Wildman–Crippen MR) is 198 cm³/mol. The fourth-order valence-corrected chi connectivity index (χ4v) is 6.04. The Bertz CT molecular complexity index is 1090. The number of rotatable bonds is 1. The summed E-state index contributed by atoms with van der Waals surface area (Å²) >= 11 is 0. The molecule has 0 fully saturated rings. The van der Waals surface area contributed by atoms with Gasteiger partial charge >= 0.3 is 19.5 Å². The monoisotopic (exact) mass is 804 g/mol. The Balaban J connectivity index is 0.00000120. The average Bonchev–Trinajstić information content (AvgIpc) is 3.11. The number of nitrogens with zero attached hydrogens (tertiary/aromatic N) is 2. The zero-order chi connectivity index (χ0) is 34.4. The van der Waals surface area contributed by atoms with Crippen molar-refractivity contribution in [3.05, 3.63) is 106 Å². The van der Waals surface area contributed by atoms with Gasteiger partial charge in [0, 0.05) is 144 Å². The molecule has 0 spiro atoms. The van der Waals surface area contributed by atoms with Crippen molar-refractivity contribution in [1.82, 2.24) is 41.7 Å². The molecule has 6 rings (SSSR count). The molecule has 11 nitrogen and oxygen atoms in total. The molecular weight excluding hydrogens is 747 g/mol. The van der Waals surface area contributed by atoms with Gasteiger partial charge in [-0.15, -0.1) is 0 Å². The Morgan fingerprint density at radius 3 is 0.843 bits per heavy atom. The largest absolute Gasteiger partial charge is 2.00 e. The van der Waals surface area contributed by atoms with E-state index in [1.165, 1.54) is 40.5 Å². The van der Waals surface area contributed by atoms with Crippen LogP contribution in [-0.2, 0) is 83.0 Å². The van der Waals surface area contributed by atoms with Crippen molar-refractivity contribution in [3.63, 3.8) is 0 Å². The molecule has 3 aromatic rings. The van der Waals surface area contributed by atoms with E-state index in [4.69, 9.17) is 10.2 Å². The quantitative estimate of drug-likeness (QED) is 0.134. The van der Waals surface area contributed by atoms with Crippen molar-refractivity contribution in [1.29, 1.82) is 0 Å². The van der Waals surface area contributed by atoms with Crippen LogP contribution in [0.25, 0.3) is 0 Å². The Labute approximate surface area is 331 Å². The Morgan fingerprint density at radius 2 is 0.667 bits per heavy atom. The van der Waals surface area contributed by atoms with Gasteiger partial charge in [0.05, 0.1) is 0 Å². The number of hydrogen-bond acceptors (Lipinski definition) is 11. The summed E-state index contributed by atoms with van der Waals surface area (Å²) in [5.74, 6) is 0. The molecule has 0 saturated heterocycles. The number of methoxy groups -OCH3 is 1. The van der Waals surface area contributed by atoms with Gasteiger partial charge in [0.2, 0.25) is 0 Å². The first-order valence-corrected chi connectivity index (χ1v) is 17.9. The molecule has 3 heterocycles. The molecule has 0 aromatic heterocycles. The number of nitrogens with one attached hydrogen (secondary N) is 6. The maximum Gasteiger partial charge on any atom is 2.00 e. The zero-order valence-electron chi connectivity index (χ0n) is 30.8. The fourth-order valence-electron chi connectivity index (χ4n) is 6.04. The molecule has 3 aliphatic heterocycles. The van der Waals surface area contributed by atoms with Crippen molar-refractivity contribution in [2.75, 3.05) is 85.6 Å². The Kier molecular flexibility index (Phi) is 25.0. The van der Waals surface area contributed by atoms with Crippen molar-refractivity contribution in [2.45, 2.75) is 45.7 Å². The minimum absolute atomic E-state index is 0. The second-order valence-electron chi connectivity index (χ2n) is 12.8. The molecule has 51 heavy (non-hydrogen) atoms. The Morgan fingerprint density at radius 1 is 0.471 bits per heavy atom. The maximum atomic E-state index is 7.69. The maximum absolute atomic E-state index is 7.69. The molecule has 3 aliphatic rings. The normalized spacial score (nSPS) is 20.5. The van der Waals surface area contributed by atoms with Crippen LogP contribution in [-0.4, -0.2) is 112 Å². The van der Waals surface area contributed by atoms with Crippen molar-refractivity contribution < 1.29 is 53.9 Å². The molecule has 3 aromatic carbocycles. The van der Waals surface area contributed by atoms with Crippen molar-refractivity contribution in [2.24, 2.45) is 0 Å². The fraction of sp³-hybridized carbons (Fsp3) is 0.526. The van der Waals surface area contributed by atoms with Crippen LogP contribution in [0.5, 0.6) is 0 Å². The molecule has 8 N–H and O–H groups in total. The van der Waals surface area contributed by atoms with Crippen LogP contribution in [0.1, 0.15) is 33.4 Å². The first-order valence-electron chi connectivity index (χ1n) is 17.9. The van der Waals surface area contributed by atoms with Gasteiger partial charge in [-0.25, -0.2) is 0 Å². The van der Waals surface area contributed by atoms with Crippen LogP contribution < -0.4 is 31.9 Å². The van der Waals surface area contributed by atoms with E-state index in [1.807, 2.05) is 0 Å². The van der Waals surface area contributed by atoms with Gasteiger partial charge in [-0.1, -0.05) is 72.8 Å². The summed E-state index contributed by atoms with van der Waals surface area (Å²) in [5.41, 5.74) is 8.12. The molecule has 13 heteroatoms. The summed E-state index contributed by atoms with van der Waals surface area (Å²) in [6.07, 6.45) is 0. The second-order valence-corrected chi connectivity index (χ2v) is 12.8. The predicted octanol–water partition coefficient (Wildman–Crippen LogP) is 1.15. The molecule has 272 valence electrons. The second kappa shape index (κ2) is 28.0. The third-order valence-corrected chi connectivity index (χ3v) is 8.79.